The summed E-state index contributed by atoms with van der Waals surface area (Å²) in [4.78, 5) is 22.2. The molecule has 2 rings (SSSR count). The van der Waals surface area contributed by atoms with Crippen LogP contribution in [0.4, 0.5) is 0 Å². The van der Waals surface area contributed by atoms with Crippen LogP contribution in [0.15, 0.2) is 42.5 Å². The molecule has 0 aromatic heterocycles. The summed E-state index contributed by atoms with van der Waals surface area (Å²) in [6, 6.07) is 9.38. The molecule has 1 N–H and O–H groups in total. The molecule has 2 unspecified atom stereocenters. The lowest BCUT2D eigenvalue weighted by Crippen LogP contribution is -2.32. The van der Waals surface area contributed by atoms with E-state index in [0.29, 0.717) is 6.42 Å². The second-order valence-corrected chi connectivity index (χ2v) is 9.60. The van der Waals surface area contributed by atoms with Gasteiger partial charge in [0, 0.05) is 19.1 Å². The van der Waals surface area contributed by atoms with Crippen molar-refractivity contribution < 1.29 is 32.8 Å². The third-order valence-corrected chi connectivity index (χ3v) is 5.86. The minimum atomic E-state index is -4.31. The van der Waals surface area contributed by atoms with Crippen LogP contribution in [0.1, 0.15) is 39.7 Å². The molecule has 0 spiro atoms. The monoisotopic (exact) mass is 426 g/mol. The van der Waals surface area contributed by atoms with E-state index in [1.807, 2.05) is 37.3 Å². The summed E-state index contributed by atoms with van der Waals surface area (Å²) in [6.45, 7) is 7.16. The van der Waals surface area contributed by atoms with Crippen molar-refractivity contribution in [2.75, 3.05) is 7.11 Å². The number of hydrogen-bond acceptors (Lipinski definition) is 6. The van der Waals surface area contributed by atoms with Crippen LogP contribution in [0.25, 0.3) is 0 Å². The standard InChI is InChI=1S/C21H31O7P/c1-15-13-17(11-12-18(22)26-14-16-9-7-6-8-10-16)20(19(15)25-5)27-29(23,24)28-21(2,3)4/h6-12,15,17,19-20H,13-14H2,1-5H3,(H,23,24)/b12-11+/t15-,17+,19-,20?/m1/s1. The fourth-order valence-corrected chi connectivity index (χ4v) is 4.78. The van der Waals surface area contributed by atoms with Crippen LogP contribution in [0.3, 0.4) is 0 Å². The van der Waals surface area contributed by atoms with Crippen molar-refractivity contribution in [1.29, 1.82) is 0 Å². The second-order valence-electron chi connectivity index (χ2n) is 8.27. The van der Waals surface area contributed by atoms with E-state index in [1.54, 1.807) is 26.8 Å². The first-order valence-electron chi connectivity index (χ1n) is 9.64. The van der Waals surface area contributed by atoms with Gasteiger partial charge in [-0.15, -0.1) is 0 Å². The molecule has 1 aromatic carbocycles. The lowest BCUT2D eigenvalue weighted by atomic mass is 10.0. The summed E-state index contributed by atoms with van der Waals surface area (Å²) < 4.78 is 33.8. The number of benzene rings is 1. The number of carbonyl (C=O) groups is 1. The SMILES string of the molecule is CO[C@H]1C(OP(=O)(O)OC(C)(C)C)[C@@H](/C=C/C(=O)OCc2ccccc2)C[C@H]1C. The fourth-order valence-electron chi connectivity index (χ4n) is 3.46. The van der Waals surface area contributed by atoms with Crippen LogP contribution in [-0.2, 0) is 34.5 Å². The Labute approximate surface area is 172 Å². The maximum atomic E-state index is 12.4. The van der Waals surface area contributed by atoms with Gasteiger partial charge in [-0.2, -0.15) is 0 Å². The predicted molar refractivity (Wildman–Crippen MR) is 109 cm³/mol. The molecule has 7 nitrogen and oxygen atoms in total. The molecular weight excluding hydrogens is 395 g/mol. The quantitative estimate of drug-likeness (QED) is 0.377. The highest BCUT2D eigenvalue weighted by molar-refractivity contribution is 7.47. The van der Waals surface area contributed by atoms with Gasteiger partial charge in [0.25, 0.3) is 0 Å². The van der Waals surface area contributed by atoms with Gasteiger partial charge < -0.3 is 14.4 Å². The Morgan fingerprint density at radius 2 is 1.90 bits per heavy atom. The predicted octanol–water partition coefficient (Wildman–Crippen LogP) is 4.26. The van der Waals surface area contributed by atoms with Gasteiger partial charge >= 0.3 is 13.8 Å². The van der Waals surface area contributed by atoms with Crippen molar-refractivity contribution in [3.05, 3.63) is 48.0 Å². The minimum Gasteiger partial charge on any atom is -0.458 e. The summed E-state index contributed by atoms with van der Waals surface area (Å²) in [5, 5.41) is 0. The van der Waals surface area contributed by atoms with Gasteiger partial charge in [-0.05, 0) is 38.7 Å². The van der Waals surface area contributed by atoms with Crippen molar-refractivity contribution in [3.8, 4) is 0 Å². The lowest BCUT2D eigenvalue weighted by molar-refractivity contribution is -0.139. The normalized spacial score (nSPS) is 27.1. The van der Waals surface area contributed by atoms with Crippen molar-refractivity contribution in [2.45, 2.75) is 58.5 Å². The Morgan fingerprint density at radius 3 is 2.48 bits per heavy atom. The van der Waals surface area contributed by atoms with Crippen LogP contribution in [0, 0.1) is 11.8 Å². The van der Waals surface area contributed by atoms with Gasteiger partial charge in [0.1, 0.15) is 12.7 Å². The zero-order valence-corrected chi connectivity index (χ0v) is 18.5. The average molecular weight is 426 g/mol. The average Bonchev–Trinajstić information content (AvgIpc) is 2.90. The molecule has 1 saturated carbocycles. The molecule has 0 heterocycles. The molecule has 1 aromatic rings. The van der Waals surface area contributed by atoms with Crippen LogP contribution in [-0.4, -0.2) is 35.8 Å². The minimum absolute atomic E-state index is 0.0784. The molecule has 0 bridgehead atoms. The Bertz CT molecular complexity index is 741. The summed E-state index contributed by atoms with van der Waals surface area (Å²) >= 11 is 0. The van der Waals surface area contributed by atoms with E-state index in [2.05, 4.69) is 0 Å². The van der Waals surface area contributed by atoms with Gasteiger partial charge in [-0.25, -0.2) is 9.36 Å². The van der Waals surface area contributed by atoms with Crippen molar-refractivity contribution in [1.82, 2.24) is 0 Å². The van der Waals surface area contributed by atoms with Crippen molar-refractivity contribution in [3.63, 3.8) is 0 Å². The zero-order valence-electron chi connectivity index (χ0n) is 17.6. The van der Waals surface area contributed by atoms with Crippen LogP contribution < -0.4 is 0 Å². The number of phosphoric ester groups is 1. The molecule has 162 valence electrons. The molecule has 8 heteroatoms. The first-order chi connectivity index (χ1) is 13.5. The third-order valence-electron chi connectivity index (χ3n) is 4.57. The molecule has 5 atom stereocenters. The molecular formula is C21H31O7P. The molecule has 0 saturated heterocycles. The van der Waals surface area contributed by atoms with Crippen LogP contribution >= 0.6 is 7.82 Å². The van der Waals surface area contributed by atoms with E-state index >= 15 is 0 Å². The summed E-state index contributed by atoms with van der Waals surface area (Å²) in [5.41, 5.74) is 0.0499. The van der Waals surface area contributed by atoms with Crippen molar-refractivity contribution >= 4 is 13.8 Å². The van der Waals surface area contributed by atoms with E-state index in [0.717, 1.165) is 5.56 Å². The Morgan fingerprint density at radius 1 is 1.24 bits per heavy atom. The topological polar surface area (TPSA) is 91.3 Å². The first kappa shape index (κ1) is 23.8. The van der Waals surface area contributed by atoms with Gasteiger partial charge in [0.2, 0.25) is 0 Å². The van der Waals surface area contributed by atoms with E-state index in [1.165, 1.54) is 13.2 Å². The van der Waals surface area contributed by atoms with Gasteiger partial charge in [0.15, 0.2) is 0 Å². The maximum absolute atomic E-state index is 12.4. The summed E-state index contributed by atoms with van der Waals surface area (Å²) in [5.74, 6) is -0.697. The highest BCUT2D eigenvalue weighted by Gasteiger charge is 2.46. The number of esters is 1. The fraction of sp³-hybridized carbons (Fsp3) is 0.571. The number of rotatable bonds is 8. The van der Waals surface area contributed by atoms with Gasteiger partial charge in [-0.1, -0.05) is 43.3 Å². The van der Waals surface area contributed by atoms with E-state index in [-0.39, 0.29) is 18.4 Å². The zero-order chi connectivity index (χ0) is 21.7. The summed E-state index contributed by atoms with van der Waals surface area (Å²) in [6.07, 6.45) is 2.52. The van der Waals surface area contributed by atoms with Gasteiger partial charge in [-0.3, -0.25) is 9.05 Å². The highest BCUT2D eigenvalue weighted by atomic mass is 31.2. The lowest BCUT2D eigenvalue weighted by Gasteiger charge is -2.29. The molecule has 29 heavy (non-hydrogen) atoms. The molecule has 1 fully saturated rings. The second kappa shape index (κ2) is 10.0. The highest BCUT2D eigenvalue weighted by Crippen LogP contribution is 2.52. The number of phosphoric acid groups is 1. The first-order valence-corrected chi connectivity index (χ1v) is 11.1. The van der Waals surface area contributed by atoms with E-state index in [9.17, 15) is 14.3 Å². The smallest absolute Gasteiger partial charge is 0.458 e. The Kier molecular flexibility index (Phi) is 8.20. The third kappa shape index (κ3) is 7.68. The molecule has 0 amide bonds. The summed E-state index contributed by atoms with van der Waals surface area (Å²) in [7, 11) is -2.78. The molecule has 0 aliphatic heterocycles. The van der Waals surface area contributed by atoms with Gasteiger partial charge in [0.05, 0.1) is 11.7 Å². The molecule has 1 aliphatic rings. The van der Waals surface area contributed by atoms with E-state index < -0.39 is 31.6 Å². The number of methoxy groups -OCH3 is 1. The Hall–Kier alpha value is -1.50. The Balaban J connectivity index is 2.03. The van der Waals surface area contributed by atoms with Crippen LogP contribution in [0.2, 0.25) is 0 Å². The largest absolute Gasteiger partial charge is 0.473 e. The number of carbonyl (C=O) groups excluding carboxylic acids is 1. The van der Waals surface area contributed by atoms with Crippen LogP contribution in [0.5, 0.6) is 0 Å². The maximum Gasteiger partial charge on any atom is 0.473 e. The number of hydrogen-bond donors (Lipinski definition) is 1. The molecule has 1 aliphatic carbocycles. The van der Waals surface area contributed by atoms with Crippen molar-refractivity contribution in [2.24, 2.45) is 11.8 Å². The number of ether oxygens (including phenoxy) is 2. The van der Waals surface area contributed by atoms with E-state index in [4.69, 9.17) is 18.5 Å². The molecule has 0 radical (unpaired) electrons.